The van der Waals surface area contributed by atoms with E-state index in [1.54, 1.807) is 0 Å². The highest BCUT2D eigenvalue weighted by molar-refractivity contribution is 5.26. The molecule has 0 spiro atoms. The predicted octanol–water partition coefficient (Wildman–Crippen LogP) is 4.19. The molecule has 2 rings (SSSR count). The Labute approximate surface area is 111 Å². The Morgan fingerprint density at radius 1 is 1.11 bits per heavy atom. The number of alkyl halides is 3. The number of rotatable bonds is 2. The quantitative estimate of drug-likeness (QED) is 0.856. The molecule has 0 radical (unpaired) electrons. The molecule has 1 N–H and O–H groups in total. The van der Waals surface area contributed by atoms with Crippen molar-refractivity contribution < 1.29 is 18.3 Å². The van der Waals surface area contributed by atoms with Crippen molar-refractivity contribution in [3.63, 3.8) is 0 Å². The lowest BCUT2D eigenvalue weighted by Gasteiger charge is -2.37. The van der Waals surface area contributed by atoms with Crippen molar-refractivity contribution in [2.75, 3.05) is 0 Å². The first-order chi connectivity index (χ1) is 8.64. The zero-order valence-electron chi connectivity index (χ0n) is 11.2. The lowest BCUT2D eigenvalue weighted by molar-refractivity contribution is -0.137. The first-order valence-corrected chi connectivity index (χ1v) is 6.53. The lowest BCUT2D eigenvalue weighted by atomic mass is 9.74. The highest BCUT2D eigenvalue weighted by Crippen LogP contribution is 2.47. The topological polar surface area (TPSA) is 20.2 Å². The van der Waals surface area contributed by atoms with Gasteiger partial charge in [0.15, 0.2) is 0 Å². The summed E-state index contributed by atoms with van der Waals surface area (Å²) in [5.41, 5.74) is -0.887. The molecule has 4 heteroatoms. The third kappa shape index (κ3) is 2.78. The van der Waals surface area contributed by atoms with Crippen LogP contribution in [-0.2, 0) is 12.6 Å². The molecule has 0 heterocycles. The molecular weight excluding hydrogens is 253 g/mol. The van der Waals surface area contributed by atoms with Crippen molar-refractivity contribution in [1.82, 2.24) is 0 Å². The Kier molecular flexibility index (Phi) is 3.42. The van der Waals surface area contributed by atoms with Gasteiger partial charge in [-0.2, -0.15) is 13.2 Å². The summed E-state index contributed by atoms with van der Waals surface area (Å²) in [6, 6.07) is 5.10. The zero-order chi connectivity index (χ0) is 14.3. The molecule has 0 saturated heterocycles. The van der Waals surface area contributed by atoms with Gasteiger partial charge in [0.1, 0.15) is 0 Å². The fourth-order valence-corrected chi connectivity index (χ4v) is 2.87. The van der Waals surface area contributed by atoms with Gasteiger partial charge in [-0.25, -0.2) is 0 Å². The highest BCUT2D eigenvalue weighted by Gasteiger charge is 2.47. The molecule has 1 aromatic carbocycles. The van der Waals surface area contributed by atoms with E-state index in [1.807, 2.05) is 13.8 Å². The average molecular weight is 272 g/mol. The van der Waals surface area contributed by atoms with Crippen LogP contribution in [0.3, 0.4) is 0 Å². The minimum atomic E-state index is -4.30. The summed E-state index contributed by atoms with van der Waals surface area (Å²) in [4.78, 5) is 0. The van der Waals surface area contributed by atoms with Gasteiger partial charge in [0.2, 0.25) is 0 Å². The molecule has 1 saturated carbocycles. The minimum Gasteiger partial charge on any atom is -0.389 e. The third-order valence-electron chi connectivity index (χ3n) is 4.43. The SMILES string of the molecule is CC1(C)CCCC1(O)Cc1ccc(C(F)(F)F)cc1. The van der Waals surface area contributed by atoms with Crippen molar-refractivity contribution >= 4 is 0 Å². The second kappa shape index (κ2) is 4.51. The van der Waals surface area contributed by atoms with Crippen molar-refractivity contribution in [1.29, 1.82) is 0 Å². The molecule has 1 unspecified atom stereocenters. The van der Waals surface area contributed by atoms with E-state index in [4.69, 9.17) is 0 Å². The van der Waals surface area contributed by atoms with Crippen molar-refractivity contribution in [3.05, 3.63) is 35.4 Å². The molecule has 1 nitrogen and oxygen atoms in total. The molecule has 0 bridgehead atoms. The second-order valence-electron chi connectivity index (χ2n) is 6.14. The largest absolute Gasteiger partial charge is 0.416 e. The van der Waals surface area contributed by atoms with Crippen molar-refractivity contribution in [3.8, 4) is 0 Å². The monoisotopic (exact) mass is 272 g/mol. The fourth-order valence-electron chi connectivity index (χ4n) is 2.87. The van der Waals surface area contributed by atoms with Crippen LogP contribution in [0.25, 0.3) is 0 Å². The smallest absolute Gasteiger partial charge is 0.389 e. The summed E-state index contributed by atoms with van der Waals surface area (Å²) in [7, 11) is 0. The van der Waals surface area contributed by atoms with Crippen LogP contribution in [0.5, 0.6) is 0 Å². The first-order valence-electron chi connectivity index (χ1n) is 6.53. The molecule has 0 aromatic heterocycles. The summed E-state index contributed by atoms with van der Waals surface area (Å²) >= 11 is 0. The molecule has 19 heavy (non-hydrogen) atoms. The van der Waals surface area contributed by atoms with E-state index < -0.39 is 17.3 Å². The van der Waals surface area contributed by atoms with Crippen LogP contribution in [0.1, 0.15) is 44.2 Å². The van der Waals surface area contributed by atoms with Crippen LogP contribution in [0.4, 0.5) is 13.2 Å². The van der Waals surface area contributed by atoms with Crippen molar-refractivity contribution in [2.24, 2.45) is 5.41 Å². The summed E-state index contributed by atoms with van der Waals surface area (Å²) in [6.07, 6.45) is -1.27. The van der Waals surface area contributed by atoms with Gasteiger partial charge in [0, 0.05) is 6.42 Å². The predicted molar refractivity (Wildman–Crippen MR) is 67.7 cm³/mol. The van der Waals surface area contributed by atoms with Crippen LogP contribution in [-0.4, -0.2) is 10.7 Å². The highest BCUT2D eigenvalue weighted by atomic mass is 19.4. The van der Waals surface area contributed by atoms with Gasteiger partial charge in [-0.15, -0.1) is 0 Å². The molecule has 1 fully saturated rings. The van der Waals surface area contributed by atoms with E-state index in [2.05, 4.69) is 0 Å². The zero-order valence-corrected chi connectivity index (χ0v) is 11.2. The maximum atomic E-state index is 12.5. The number of halogens is 3. The number of benzene rings is 1. The van der Waals surface area contributed by atoms with Crippen LogP contribution in [0.15, 0.2) is 24.3 Å². The molecule has 106 valence electrons. The second-order valence-corrected chi connectivity index (χ2v) is 6.14. The van der Waals surface area contributed by atoms with Gasteiger partial charge in [0.25, 0.3) is 0 Å². The normalized spacial score (nSPS) is 26.6. The standard InChI is InChI=1S/C15H19F3O/c1-13(2)8-3-9-14(13,19)10-11-4-6-12(7-5-11)15(16,17)18/h4-7,19H,3,8-10H2,1-2H3. The Balaban J connectivity index is 2.16. The van der Waals surface area contributed by atoms with E-state index >= 15 is 0 Å². The fraction of sp³-hybridized carbons (Fsp3) is 0.600. The number of aliphatic hydroxyl groups is 1. The summed E-state index contributed by atoms with van der Waals surface area (Å²) < 4.78 is 37.4. The van der Waals surface area contributed by atoms with Gasteiger partial charge in [-0.1, -0.05) is 26.0 Å². The van der Waals surface area contributed by atoms with Gasteiger partial charge in [-0.05, 0) is 42.4 Å². The Bertz CT molecular complexity index is 447. The average Bonchev–Trinajstić information content (AvgIpc) is 2.52. The van der Waals surface area contributed by atoms with E-state index in [0.717, 1.165) is 30.5 Å². The first kappa shape index (κ1) is 14.4. The van der Waals surface area contributed by atoms with Crippen LogP contribution >= 0.6 is 0 Å². The van der Waals surface area contributed by atoms with Crippen LogP contribution in [0, 0.1) is 5.41 Å². The van der Waals surface area contributed by atoms with Crippen LogP contribution < -0.4 is 0 Å². The lowest BCUT2D eigenvalue weighted by Crippen LogP contribution is -2.41. The molecule has 1 aliphatic rings. The molecule has 0 amide bonds. The molecule has 0 aliphatic heterocycles. The molecule has 1 aromatic rings. The van der Waals surface area contributed by atoms with Gasteiger partial charge in [-0.3, -0.25) is 0 Å². The van der Waals surface area contributed by atoms with Crippen LogP contribution in [0.2, 0.25) is 0 Å². The number of hydrogen-bond donors (Lipinski definition) is 1. The van der Waals surface area contributed by atoms with Gasteiger partial charge >= 0.3 is 6.18 Å². The Morgan fingerprint density at radius 2 is 1.68 bits per heavy atom. The van der Waals surface area contributed by atoms with Gasteiger partial charge < -0.3 is 5.11 Å². The van der Waals surface area contributed by atoms with E-state index in [1.165, 1.54) is 12.1 Å². The molecular formula is C15H19F3O. The maximum absolute atomic E-state index is 12.5. The number of hydrogen-bond acceptors (Lipinski definition) is 1. The summed E-state index contributed by atoms with van der Waals surface area (Å²) in [5, 5.41) is 10.7. The summed E-state index contributed by atoms with van der Waals surface area (Å²) in [5.74, 6) is 0. The Hall–Kier alpha value is -1.03. The molecule has 1 atom stereocenters. The van der Waals surface area contributed by atoms with E-state index in [0.29, 0.717) is 12.8 Å². The maximum Gasteiger partial charge on any atom is 0.416 e. The van der Waals surface area contributed by atoms with Crippen molar-refractivity contribution in [2.45, 2.75) is 51.3 Å². The van der Waals surface area contributed by atoms with Gasteiger partial charge in [0.05, 0.1) is 11.2 Å². The Morgan fingerprint density at radius 3 is 2.11 bits per heavy atom. The minimum absolute atomic E-state index is 0.185. The molecule has 1 aliphatic carbocycles. The van der Waals surface area contributed by atoms with E-state index in [-0.39, 0.29) is 5.41 Å². The van der Waals surface area contributed by atoms with E-state index in [9.17, 15) is 18.3 Å². The summed E-state index contributed by atoms with van der Waals surface area (Å²) in [6.45, 7) is 4.04. The third-order valence-corrected chi connectivity index (χ3v) is 4.43.